The molecule has 0 bridgehead atoms. The number of aliphatic carboxylic acids is 1. The number of amides is 1. The van der Waals surface area contributed by atoms with Gasteiger partial charge in [-0.1, -0.05) is 60.7 Å². The largest absolute Gasteiger partial charge is 0.481 e. The molecule has 1 aliphatic heterocycles. The molecule has 1 amide bonds. The smallest absolute Gasteiger partial charge is 0.307 e. The van der Waals surface area contributed by atoms with Gasteiger partial charge in [0.15, 0.2) is 0 Å². The molecule has 1 heterocycles. The Hall–Kier alpha value is -3.14. The molecule has 1 saturated heterocycles. The number of likely N-dealkylation sites (tertiary alicyclic amines) is 1. The van der Waals surface area contributed by atoms with E-state index in [2.05, 4.69) is 0 Å². The highest BCUT2D eigenvalue weighted by molar-refractivity contribution is 5.98. The van der Waals surface area contributed by atoms with Crippen LogP contribution in [0.2, 0.25) is 0 Å². The van der Waals surface area contributed by atoms with E-state index in [9.17, 15) is 14.7 Å². The predicted molar refractivity (Wildman–Crippen MR) is 114 cm³/mol. The summed E-state index contributed by atoms with van der Waals surface area (Å²) < 4.78 is 0. The fourth-order valence-electron chi connectivity index (χ4n) is 4.33. The zero-order valence-corrected chi connectivity index (χ0v) is 16.3. The summed E-state index contributed by atoms with van der Waals surface area (Å²) in [5, 5.41) is 11.9. The van der Waals surface area contributed by atoms with Crippen LogP contribution in [0.25, 0.3) is 10.8 Å². The summed E-state index contributed by atoms with van der Waals surface area (Å²) >= 11 is 0. The van der Waals surface area contributed by atoms with E-state index < -0.39 is 11.9 Å². The van der Waals surface area contributed by atoms with Crippen LogP contribution in [0, 0.1) is 11.8 Å². The summed E-state index contributed by atoms with van der Waals surface area (Å²) in [6.07, 6.45) is 1.99. The standard InChI is InChI=1S/C25H25NO3/c27-24(22-11-10-19-8-4-5-9-21(19)17-22)26-14-12-20(13-15-26)23(25(28)29)16-18-6-2-1-3-7-18/h1-11,17,20,23H,12-16H2,(H,28,29). The fraction of sp³-hybridized carbons (Fsp3) is 0.280. The molecule has 4 heteroatoms. The monoisotopic (exact) mass is 387 g/mol. The number of rotatable bonds is 5. The first-order valence-corrected chi connectivity index (χ1v) is 10.2. The summed E-state index contributed by atoms with van der Waals surface area (Å²) in [6, 6.07) is 23.6. The van der Waals surface area contributed by atoms with Gasteiger partial charge in [0.2, 0.25) is 0 Å². The molecule has 0 spiro atoms. The van der Waals surface area contributed by atoms with Crippen LogP contribution in [0.4, 0.5) is 0 Å². The Labute approximate surface area is 170 Å². The first-order valence-electron chi connectivity index (χ1n) is 10.2. The highest BCUT2D eigenvalue weighted by atomic mass is 16.4. The molecule has 1 unspecified atom stereocenters. The molecule has 1 N–H and O–H groups in total. The van der Waals surface area contributed by atoms with Crippen molar-refractivity contribution in [2.45, 2.75) is 19.3 Å². The Morgan fingerprint density at radius 2 is 1.55 bits per heavy atom. The number of benzene rings is 3. The summed E-state index contributed by atoms with van der Waals surface area (Å²) in [4.78, 5) is 26.7. The highest BCUT2D eigenvalue weighted by Crippen LogP contribution is 2.29. The van der Waals surface area contributed by atoms with E-state index in [4.69, 9.17) is 0 Å². The Morgan fingerprint density at radius 3 is 2.24 bits per heavy atom. The Bertz CT molecular complexity index is 1010. The number of fused-ring (bicyclic) bond motifs is 1. The van der Waals surface area contributed by atoms with E-state index in [0.29, 0.717) is 25.1 Å². The van der Waals surface area contributed by atoms with Gasteiger partial charge in [0.25, 0.3) is 5.91 Å². The average Bonchev–Trinajstić information content (AvgIpc) is 2.77. The molecule has 4 nitrogen and oxygen atoms in total. The third kappa shape index (κ3) is 4.32. The first-order chi connectivity index (χ1) is 14.1. The topological polar surface area (TPSA) is 57.6 Å². The number of hydrogen-bond acceptors (Lipinski definition) is 2. The van der Waals surface area contributed by atoms with Gasteiger partial charge in [-0.3, -0.25) is 9.59 Å². The van der Waals surface area contributed by atoms with Crippen molar-refractivity contribution in [3.05, 3.63) is 83.9 Å². The average molecular weight is 387 g/mol. The van der Waals surface area contributed by atoms with Crippen LogP contribution >= 0.6 is 0 Å². The second-order valence-corrected chi connectivity index (χ2v) is 7.83. The minimum Gasteiger partial charge on any atom is -0.481 e. The van der Waals surface area contributed by atoms with Gasteiger partial charge in [0.1, 0.15) is 0 Å². The van der Waals surface area contributed by atoms with Crippen LogP contribution in [0.5, 0.6) is 0 Å². The zero-order valence-electron chi connectivity index (χ0n) is 16.3. The third-order valence-electron chi connectivity index (χ3n) is 6.01. The maximum Gasteiger partial charge on any atom is 0.307 e. The quantitative estimate of drug-likeness (QED) is 0.694. The van der Waals surface area contributed by atoms with E-state index in [1.807, 2.05) is 77.7 Å². The molecule has 0 saturated carbocycles. The van der Waals surface area contributed by atoms with E-state index >= 15 is 0 Å². The molecular weight excluding hydrogens is 362 g/mol. The number of carbonyl (C=O) groups excluding carboxylic acids is 1. The van der Waals surface area contributed by atoms with Crippen LogP contribution < -0.4 is 0 Å². The number of piperidine rings is 1. The Morgan fingerprint density at radius 1 is 0.897 bits per heavy atom. The van der Waals surface area contributed by atoms with Crippen molar-refractivity contribution in [3.8, 4) is 0 Å². The van der Waals surface area contributed by atoms with Crippen LogP contribution in [-0.2, 0) is 11.2 Å². The molecule has 0 radical (unpaired) electrons. The SMILES string of the molecule is O=C(O)C(Cc1ccccc1)C1CCN(C(=O)c2ccc3ccccc3c2)CC1. The lowest BCUT2D eigenvalue weighted by atomic mass is 9.80. The Kier molecular flexibility index (Phi) is 5.61. The maximum atomic E-state index is 13.0. The molecular formula is C25H25NO3. The van der Waals surface area contributed by atoms with Crippen molar-refractivity contribution in [3.63, 3.8) is 0 Å². The van der Waals surface area contributed by atoms with Gasteiger partial charge < -0.3 is 10.0 Å². The normalized spacial score (nSPS) is 15.9. The summed E-state index contributed by atoms with van der Waals surface area (Å²) in [5.41, 5.74) is 1.75. The highest BCUT2D eigenvalue weighted by Gasteiger charge is 2.32. The number of carboxylic acids is 1. The lowest BCUT2D eigenvalue weighted by molar-refractivity contribution is -0.144. The summed E-state index contributed by atoms with van der Waals surface area (Å²) in [6.45, 7) is 1.21. The number of carbonyl (C=O) groups is 2. The third-order valence-corrected chi connectivity index (χ3v) is 6.01. The summed E-state index contributed by atoms with van der Waals surface area (Å²) in [5.74, 6) is -1.03. The predicted octanol–water partition coefficient (Wildman–Crippen LogP) is 4.64. The summed E-state index contributed by atoms with van der Waals surface area (Å²) in [7, 11) is 0. The number of nitrogens with zero attached hydrogens (tertiary/aromatic N) is 1. The second-order valence-electron chi connectivity index (χ2n) is 7.83. The minimum atomic E-state index is -0.742. The van der Waals surface area contributed by atoms with Gasteiger partial charge in [-0.05, 0) is 53.6 Å². The maximum absolute atomic E-state index is 13.0. The second kappa shape index (κ2) is 8.48. The van der Waals surface area contributed by atoms with E-state index in [1.165, 1.54) is 0 Å². The van der Waals surface area contributed by atoms with Crippen molar-refractivity contribution in [1.82, 2.24) is 4.90 Å². The lowest BCUT2D eigenvalue weighted by Gasteiger charge is -2.35. The van der Waals surface area contributed by atoms with Gasteiger partial charge >= 0.3 is 5.97 Å². The van der Waals surface area contributed by atoms with Gasteiger partial charge in [-0.2, -0.15) is 0 Å². The number of carboxylic acid groups (broad SMARTS) is 1. The first kappa shape index (κ1) is 19.2. The molecule has 1 fully saturated rings. The van der Waals surface area contributed by atoms with Gasteiger partial charge in [0.05, 0.1) is 5.92 Å². The van der Waals surface area contributed by atoms with Crippen LogP contribution in [-0.4, -0.2) is 35.0 Å². The Balaban J connectivity index is 1.42. The fourth-order valence-corrected chi connectivity index (χ4v) is 4.33. The van der Waals surface area contributed by atoms with Crippen LogP contribution in [0.15, 0.2) is 72.8 Å². The molecule has 0 aromatic heterocycles. The van der Waals surface area contributed by atoms with Gasteiger partial charge in [-0.15, -0.1) is 0 Å². The van der Waals surface area contributed by atoms with E-state index in [0.717, 1.165) is 29.2 Å². The van der Waals surface area contributed by atoms with Crippen molar-refractivity contribution in [1.29, 1.82) is 0 Å². The molecule has 3 aromatic carbocycles. The molecule has 29 heavy (non-hydrogen) atoms. The molecule has 1 atom stereocenters. The van der Waals surface area contributed by atoms with Crippen molar-refractivity contribution < 1.29 is 14.7 Å². The van der Waals surface area contributed by atoms with Crippen molar-refractivity contribution in [2.75, 3.05) is 13.1 Å². The van der Waals surface area contributed by atoms with Crippen LogP contribution in [0.3, 0.4) is 0 Å². The molecule has 1 aliphatic rings. The van der Waals surface area contributed by atoms with Gasteiger partial charge in [-0.25, -0.2) is 0 Å². The van der Waals surface area contributed by atoms with E-state index in [1.54, 1.807) is 0 Å². The molecule has 3 aromatic rings. The zero-order chi connectivity index (χ0) is 20.2. The molecule has 0 aliphatic carbocycles. The molecule has 148 valence electrons. The van der Waals surface area contributed by atoms with Crippen molar-refractivity contribution >= 4 is 22.6 Å². The van der Waals surface area contributed by atoms with Gasteiger partial charge in [0, 0.05) is 18.7 Å². The van der Waals surface area contributed by atoms with Crippen molar-refractivity contribution in [2.24, 2.45) is 11.8 Å². The van der Waals surface area contributed by atoms with E-state index in [-0.39, 0.29) is 11.8 Å². The lowest BCUT2D eigenvalue weighted by Crippen LogP contribution is -2.41. The molecule has 4 rings (SSSR count). The minimum absolute atomic E-state index is 0.0316. The number of hydrogen-bond donors (Lipinski definition) is 1. The van der Waals surface area contributed by atoms with Crippen LogP contribution in [0.1, 0.15) is 28.8 Å².